The van der Waals surface area contributed by atoms with E-state index < -0.39 is 12.1 Å². The first-order valence-electron chi connectivity index (χ1n) is 10.4. The maximum absolute atomic E-state index is 14.2. The van der Waals surface area contributed by atoms with Gasteiger partial charge in [-0.05, 0) is 41.3 Å². The molecule has 176 valence electrons. The van der Waals surface area contributed by atoms with Crippen LogP contribution in [0.2, 0.25) is 0 Å². The minimum atomic E-state index is -5.08. The molecule has 1 heterocycles. The summed E-state index contributed by atoms with van der Waals surface area (Å²) in [6.45, 7) is 2.80. The zero-order chi connectivity index (χ0) is 24.7. The lowest BCUT2D eigenvalue weighted by atomic mass is 10.0. The Hall–Kier alpha value is -3.94. The highest BCUT2D eigenvalue weighted by molar-refractivity contribution is 5.73. The fourth-order valence-electron chi connectivity index (χ4n) is 3.47. The highest BCUT2D eigenvalue weighted by Crippen LogP contribution is 2.27. The van der Waals surface area contributed by atoms with Crippen LogP contribution in [0.1, 0.15) is 18.2 Å². The van der Waals surface area contributed by atoms with Crippen molar-refractivity contribution in [3.05, 3.63) is 102 Å². The summed E-state index contributed by atoms with van der Waals surface area (Å²) in [5, 5.41) is 7.12. The highest BCUT2D eigenvalue weighted by atomic mass is 19.4. The molecule has 4 nitrogen and oxygen atoms in total. The average Bonchev–Trinajstić information content (AvgIpc) is 3.22. The van der Waals surface area contributed by atoms with Crippen LogP contribution in [-0.2, 0) is 17.8 Å². The van der Waals surface area contributed by atoms with Crippen LogP contribution in [0, 0.1) is 5.82 Å². The SMILES string of the molecule is CCc1c(-c2ccccc2F)ncn1Cc1cccc(-c2ccccc2)c1.O=C(O)C(F)(F)F. The number of rotatable bonds is 5. The van der Waals surface area contributed by atoms with Gasteiger partial charge in [-0.1, -0.05) is 67.6 Å². The Morgan fingerprint density at radius 2 is 1.56 bits per heavy atom. The third-order valence-corrected chi connectivity index (χ3v) is 5.04. The fourth-order valence-corrected chi connectivity index (χ4v) is 3.47. The Morgan fingerprint density at radius 1 is 0.941 bits per heavy atom. The third-order valence-electron chi connectivity index (χ3n) is 5.04. The van der Waals surface area contributed by atoms with Gasteiger partial charge in [0.25, 0.3) is 0 Å². The van der Waals surface area contributed by atoms with Gasteiger partial charge in [0.15, 0.2) is 0 Å². The third kappa shape index (κ3) is 6.10. The minimum Gasteiger partial charge on any atom is -0.475 e. The number of hydrogen-bond donors (Lipinski definition) is 1. The summed E-state index contributed by atoms with van der Waals surface area (Å²) in [5.74, 6) is -2.99. The normalized spacial score (nSPS) is 11.0. The number of carboxylic acid groups (broad SMARTS) is 1. The molecule has 0 spiro atoms. The van der Waals surface area contributed by atoms with Crippen LogP contribution < -0.4 is 0 Å². The van der Waals surface area contributed by atoms with Crippen molar-refractivity contribution >= 4 is 5.97 Å². The summed E-state index contributed by atoms with van der Waals surface area (Å²) in [4.78, 5) is 13.4. The van der Waals surface area contributed by atoms with Gasteiger partial charge in [-0.15, -0.1) is 0 Å². The van der Waals surface area contributed by atoms with E-state index in [1.807, 2.05) is 30.6 Å². The number of benzene rings is 3. The first kappa shape index (κ1) is 24.7. The average molecular weight is 470 g/mol. The Labute approximate surface area is 194 Å². The molecule has 34 heavy (non-hydrogen) atoms. The number of nitrogens with zero attached hydrogens (tertiary/aromatic N) is 2. The molecule has 0 aliphatic heterocycles. The first-order chi connectivity index (χ1) is 16.2. The Morgan fingerprint density at radius 3 is 2.18 bits per heavy atom. The van der Waals surface area contributed by atoms with Crippen molar-refractivity contribution < 1.29 is 27.5 Å². The molecule has 4 rings (SSSR count). The quantitative estimate of drug-likeness (QED) is 0.335. The number of carboxylic acids is 1. The Kier molecular flexibility index (Phi) is 7.83. The maximum atomic E-state index is 14.2. The molecule has 0 aliphatic carbocycles. The van der Waals surface area contributed by atoms with Gasteiger partial charge in [-0.25, -0.2) is 14.2 Å². The lowest BCUT2D eigenvalue weighted by Crippen LogP contribution is -2.21. The molecule has 3 aromatic carbocycles. The standard InChI is InChI=1S/C24H21FN2.C2HF3O2/c1-2-23-24(21-13-6-7-14-22(21)25)26-17-27(23)16-18-9-8-12-20(15-18)19-10-4-3-5-11-19;3-2(4,5)1(6)7/h3-15,17H,2,16H2,1H3;(H,6,7). The fraction of sp³-hybridized carbons (Fsp3) is 0.154. The van der Waals surface area contributed by atoms with Gasteiger partial charge in [0, 0.05) is 17.8 Å². The molecule has 0 amide bonds. The molecular weight excluding hydrogens is 448 g/mol. The number of halogens is 4. The monoisotopic (exact) mass is 470 g/mol. The van der Waals surface area contributed by atoms with Gasteiger partial charge >= 0.3 is 12.1 Å². The van der Waals surface area contributed by atoms with Gasteiger partial charge in [0.2, 0.25) is 0 Å². The van der Waals surface area contributed by atoms with Gasteiger partial charge in [0.1, 0.15) is 5.82 Å². The summed E-state index contributed by atoms with van der Waals surface area (Å²) in [6, 6.07) is 25.7. The van der Waals surface area contributed by atoms with Crippen molar-refractivity contribution in [3.63, 3.8) is 0 Å². The van der Waals surface area contributed by atoms with E-state index in [4.69, 9.17) is 9.90 Å². The van der Waals surface area contributed by atoms with Crippen molar-refractivity contribution in [2.45, 2.75) is 26.1 Å². The molecule has 0 fully saturated rings. The topological polar surface area (TPSA) is 55.1 Å². The van der Waals surface area contributed by atoms with E-state index in [1.165, 1.54) is 22.8 Å². The number of hydrogen-bond acceptors (Lipinski definition) is 2. The van der Waals surface area contributed by atoms with Gasteiger partial charge in [-0.2, -0.15) is 13.2 Å². The molecule has 4 aromatic rings. The van der Waals surface area contributed by atoms with Crippen LogP contribution in [0.25, 0.3) is 22.4 Å². The summed E-state index contributed by atoms with van der Waals surface area (Å²) in [5.41, 5.74) is 5.93. The van der Waals surface area contributed by atoms with Gasteiger partial charge in [-0.3, -0.25) is 0 Å². The van der Waals surface area contributed by atoms with Crippen LogP contribution in [0.3, 0.4) is 0 Å². The molecule has 1 N–H and O–H groups in total. The molecule has 0 saturated carbocycles. The molecule has 0 saturated heterocycles. The maximum Gasteiger partial charge on any atom is 0.490 e. The molecule has 8 heteroatoms. The molecular formula is C26H22F4N2O2. The molecule has 1 aromatic heterocycles. The van der Waals surface area contributed by atoms with E-state index in [1.54, 1.807) is 12.1 Å². The number of imidazole rings is 1. The van der Waals surface area contributed by atoms with Crippen LogP contribution >= 0.6 is 0 Å². The molecule has 0 atom stereocenters. The summed E-state index contributed by atoms with van der Waals surface area (Å²) >= 11 is 0. The first-order valence-corrected chi connectivity index (χ1v) is 10.4. The molecule has 0 radical (unpaired) electrons. The minimum absolute atomic E-state index is 0.233. The van der Waals surface area contributed by atoms with Crippen LogP contribution in [0.4, 0.5) is 17.6 Å². The predicted molar refractivity (Wildman–Crippen MR) is 122 cm³/mol. The van der Waals surface area contributed by atoms with Gasteiger partial charge < -0.3 is 9.67 Å². The summed E-state index contributed by atoms with van der Waals surface area (Å²) in [7, 11) is 0. The van der Waals surface area contributed by atoms with Crippen molar-refractivity contribution in [1.82, 2.24) is 9.55 Å². The zero-order valence-corrected chi connectivity index (χ0v) is 18.3. The van der Waals surface area contributed by atoms with Gasteiger partial charge in [0.05, 0.1) is 12.0 Å². The second-order valence-corrected chi connectivity index (χ2v) is 7.37. The van der Waals surface area contributed by atoms with E-state index >= 15 is 0 Å². The number of aromatic nitrogens is 2. The number of aliphatic carboxylic acids is 1. The number of alkyl halides is 3. The van der Waals surface area contributed by atoms with E-state index in [2.05, 4.69) is 52.9 Å². The highest BCUT2D eigenvalue weighted by Gasteiger charge is 2.38. The van der Waals surface area contributed by atoms with Crippen molar-refractivity contribution in [3.8, 4) is 22.4 Å². The van der Waals surface area contributed by atoms with E-state index in [0.717, 1.165) is 17.8 Å². The molecule has 0 aliphatic rings. The molecule has 0 unspecified atom stereocenters. The predicted octanol–water partition coefficient (Wildman–Crippen LogP) is 6.60. The second-order valence-electron chi connectivity index (χ2n) is 7.37. The van der Waals surface area contributed by atoms with Crippen molar-refractivity contribution in [1.29, 1.82) is 0 Å². The van der Waals surface area contributed by atoms with Crippen molar-refractivity contribution in [2.24, 2.45) is 0 Å². The lowest BCUT2D eigenvalue weighted by molar-refractivity contribution is -0.192. The van der Waals surface area contributed by atoms with Crippen LogP contribution in [0.15, 0.2) is 85.2 Å². The lowest BCUT2D eigenvalue weighted by Gasteiger charge is -2.10. The Balaban J connectivity index is 0.000000406. The van der Waals surface area contributed by atoms with E-state index in [-0.39, 0.29) is 5.82 Å². The summed E-state index contributed by atoms with van der Waals surface area (Å²) < 4.78 is 48.1. The Bertz CT molecular complexity index is 1250. The van der Waals surface area contributed by atoms with E-state index in [0.29, 0.717) is 12.1 Å². The second kappa shape index (κ2) is 10.8. The van der Waals surface area contributed by atoms with Crippen LogP contribution in [0.5, 0.6) is 0 Å². The summed E-state index contributed by atoms with van der Waals surface area (Å²) in [6.07, 6.45) is -2.47. The smallest absolute Gasteiger partial charge is 0.475 e. The number of carbonyl (C=O) groups is 1. The molecule has 0 bridgehead atoms. The zero-order valence-electron chi connectivity index (χ0n) is 18.3. The van der Waals surface area contributed by atoms with Crippen molar-refractivity contribution in [2.75, 3.05) is 0 Å². The largest absolute Gasteiger partial charge is 0.490 e. The van der Waals surface area contributed by atoms with E-state index in [9.17, 15) is 17.6 Å². The van der Waals surface area contributed by atoms with Crippen LogP contribution in [-0.4, -0.2) is 26.8 Å².